The van der Waals surface area contributed by atoms with Crippen molar-refractivity contribution in [1.29, 1.82) is 0 Å². The molecule has 10 heteroatoms. The minimum atomic E-state index is -4.02. The Labute approximate surface area is 195 Å². The van der Waals surface area contributed by atoms with Crippen LogP contribution in [0, 0.1) is 5.82 Å². The molecule has 34 heavy (non-hydrogen) atoms. The topological polar surface area (TPSA) is 108 Å². The molecule has 0 aliphatic carbocycles. The molecule has 2 aliphatic rings. The van der Waals surface area contributed by atoms with Crippen molar-refractivity contribution in [3.8, 4) is 0 Å². The summed E-state index contributed by atoms with van der Waals surface area (Å²) in [5.74, 6) is -1.16. The Morgan fingerprint density at radius 1 is 1.03 bits per heavy atom. The maximum atomic E-state index is 13.4. The van der Waals surface area contributed by atoms with Crippen LogP contribution >= 0.6 is 0 Å². The van der Waals surface area contributed by atoms with Crippen LogP contribution in [0.2, 0.25) is 0 Å². The van der Waals surface area contributed by atoms with E-state index in [1.165, 1.54) is 24.3 Å². The van der Waals surface area contributed by atoms with Crippen LogP contribution in [0.3, 0.4) is 0 Å². The summed E-state index contributed by atoms with van der Waals surface area (Å²) in [5.41, 5.74) is 2.09. The number of nitrogens with zero attached hydrogens (tertiary/aromatic N) is 1. The summed E-state index contributed by atoms with van der Waals surface area (Å²) in [5, 5.41) is 5.85. The molecule has 2 unspecified atom stereocenters. The second-order valence-electron chi connectivity index (χ2n) is 8.22. The van der Waals surface area contributed by atoms with Gasteiger partial charge in [0.05, 0.1) is 16.3 Å². The lowest BCUT2D eigenvalue weighted by atomic mass is 10.1. The highest BCUT2D eigenvalue weighted by Crippen LogP contribution is 2.36. The average Bonchev–Trinajstić information content (AvgIpc) is 3.24. The van der Waals surface area contributed by atoms with Gasteiger partial charge in [0.25, 0.3) is 15.9 Å². The number of hydrogen-bond donors (Lipinski definition) is 3. The molecule has 3 N–H and O–H groups in total. The number of fused-ring (bicyclic) bond motifs is 3. The predicted octanol–water partition coefficient (Wildman–Crippen LogP) is 2.96. The fraction of sp³-hybridized carbons (Fsp3) is 0.167. The van der Waals surface area contributed by atoms with Gasteiger partial charge in [0, 0.05) is 23.8 Å². The zero-order valence-corrected chi connectivity index (χ0v) is 18.7. The Morgan fingerprint density at radius 3 is 2.65 bits per heavy atom. The van der Waals surface area contributed by atoms with Crippen molar-refractivity contribution in [3.63, 3.8) is 0 Å². The van der Waals surface area contributed by atoms with E-state index in [2.05, 4.69) is 15.4 Å². The van der Waals surface area contributed by atoms with Crippen LogP contribution in [0.25, 0.3) is 0 Å². The van der Waals surface area contributed by atoms with Crippen LogP contribution in [-0.2, 0) is 14.8 Å². The fourth-order valence-corrected chi connectivity index (χ4v) is 5.42. The van der Waals surface area contributed by atoms with E-state index in [-0.39, 0.29) is 40.0 Å². The zero-order chi connectivity index (χ0) is 23.9. The lowest BCUT2D eigenvalue weighted by Crippen LogP contribution is -2.44. The van der Waals surface area contributed by atoms with E-state index in [9.17, 15) is 22.4 Å². The van der Waals surface area contributed by atoms with Crippen molar-refractivity contribution in [3.05, 3.63) is 84.2 Å². The van der Waals surface area contributed by atoms with Crippen molar-refractivity contribution in [2.75, 3.05) is 21.5 Å². The Hall–Kier alpha value is -3.92. The normalized spacial score (nSPS) is 19.1. The Bertz CT molecular complexity index is 1390. The van der Waals surface area contributed by atoms with Gasteiger partial charge in [-0.15, -0.1) is 0 Å². The first-order valence-electron chi connectivity index (χ1n) is 10.7. The highest BCUT2D eigenvalue weighted by molar-refractivity contribution is 7.92. The average molecular weight is 481 g/mol. The lowest BCUT2D eigenvalue weighted by molar-refractivity contribution is -0.117. The maximum Gasteiger partial charge on any atom is 0.261 e. The second kappa shape index (κ2) is 8.45. The summed E-state index contributed by atoms with van der Waals surface area (Å²) >= 11 is 0. The third kappa shape index (κ3) is 4.19. The zero-order valence-electron chi connectivity index (χ0n) is 17.9. The van der Waals surface area contributed by atoms with Crippen LogP contribution in [0.15, 0.2) is 77.7 Å². The highest BCUT2D eigenvalue weighted by atomic mass is 32.2. The van der Waals surface area contributed by atoms with Crippen molar-refractivity contribution in [1.82, 2.24) is 5.32 Å². The molecule has 0 bridgehead atoms. The molecule has 2 aliphatic heterocycles. The molecule has 0 radical (unpaired) electrons. The van der Waals surface area contributed by atoms with Gasteiger partial charge >= 0.3 is 0 Å². The minimum absolute atomic E-state index is 0.107. The molecule has 3 aromatic carbocycles. The lowest BCUT2D eigenvalue weighted by Gasteiger charge is -2.32. The Kier molecular flexibility index (Phi) is 5.45. The summed E-state index contributed by atoms with van der Waals surface area (Å²) in [4.78, 5) is 27.2. The molecule has 0 aromatic heterocycles. The largest absolute Gasteiger partial charge is 0.356 e. The number of sulfonamides is 1. The summed E-state index contributed by atoms with van der Waals surface area (Å²) in [6.07, 6.45) is 0.456. The number of rotatable bonds is 5. The van der Waals surface area contributed by atoms with Gasteiger partial charge in [-0.25, -0.2) is 12.8 Å². The molecular formula is C24H21FN4O4S. The standard InChI is InChI=1S/C24H21FN4O4S/c25-16-6-4-8-19(12-16)34(32,33)28-17-7-3-5-15(11-17)23(30)26-18-13-22-24(31)27-20-9-1-2-10-21(20)29(22)14-18/h1-12,18,22,28H,13-14H2,(H,26,30)(H,27,31). The molecule has 0 spiro atoms. The van der Waals surface area contributed by atoms with E-state index in [0.717, 1.165) is 23.5 Å². The molecule has 2 amide bonds. The van der Waals surface area contributed by atoms with Crippen LogP contribution < -0.4 is 20.3 Å². The molecular weight excluding hydrogens is 459 g/mol. The van der Waals surface area contributed by atoms with Crippen LogP contribution in [0.4, 0.5) is 21.5 Å². The van der Waals surface area contributed by atoms with E-state index in [0.29, 0.717) is 13.0 Å². The summed E-state index contributed by atoms with van der Waals surface area (Å²) in [7, 11) is -4.02. The molecule has 2 atom stereocenters. The van der Waals surface area contributed by atoms with Gasteiger partial charge in [0.15, 0.2) is 0 Å². The predicted molar refractivity (Wildman–Crippen MR) is 126 cm³/mol. The third-order valence-electron chi connectivity index (χ3n) is 5.89. The number of halogens is 1. The molecule has 174 valence electrons. The number of nitrogens with one attached hydrogen (secondary N) is 3. The van der Waals surface area contributed by atoms with E-state index >= 15 is 0 Å². The van der Waals surface area contributed by atoms with Crippen LogP contribution in [0.1, 0.15) is 16.8 Å². The van der Waals surface area contributed by atoms with Gasteiger partial charge in [0.2, 0.25) is 5.91 Å². The third-order valence-corrected chi connectivity index (χ3v) is 7.27. The van der Waals surface area contributed by atoms with Crippen LogP contribution in [-0.4, -0.2) is 38.9 Å². The minimum Gasteiger partial charge on any atom is -0.356 e. The van der Waals surface area contributed by atoms with E-state index < -0.39 is 15.8 Å². The van der Waals surface area contributed by atoms with E-state index in [4.69, 9.17) is 0 Å². The number of carbonyl (C=O) groups is 2. The number of para-hydroxylation sites is 2. The molecule has 5 rings (SSSR count). The monoisotopic (exact) mass is 480 g/mol. The smallest absolute Gasteiger partial charge is 0.261 e. The summed E-state index contributed by atoms with van der Waals surface area (Å²) in [6, 6.07) is 17.6. The number of benzene rings is 3. The second-order valence-corrected chi connectivity index (χ2v) is 9.91. The van der Waals surface area contributed by atoms with Crippen molar-refractivity contribution in [2.24, 2.45) is 0 Å². The summed E-state index contributed by atoms with van der Waals surface area (Å²) in [6.45, 7) is 0.479. The van der Waals surface area contributed by atoms with Gasteiger partial charge < -0.3 is 15.5 Å². The Balaban J connectivity index is 1.29. The summed E-state index contributed by atoms with van der Waals surface area (Å²) < 4.78 is 41.0. The first-order chi connectivity index (χ1) is 16.3. The molecule has 1 fully saturated rings. The molecule has 8 nitrogen and oxygen atoms in total. The molecule has 0 saturated carbocycles. The first kappa shape index (κ1) is 21.9. The number of hydrogen-bond acceptors (Lipinski definition) is 5. The van der Waals surface area contributed by atoms with Crippen LogP contribution in [0.5, 0.6) is 0 Å². The van der Waals surface area contributed by atoms with Gasteiger partial charge in [0.1, 0.15) is 11.9 Å². The molecule has 3 aromatic rings. The van der Waals surface area contributed by atoms with Crippen molar-refractivity contribution < 1.29 is 22.4 Å². The van der Waals surface area contributed by atoms with Gasteiger partial charge in [-0.1, -0.05) is 24.3 Å². The highest BCUT2D eigenvalue weighted by Gasteiger charge is 2.41. The molecule has 1 saturated heterocycles. The van der Waals surface area contributed by atoms with Gasteiger partial charge in [-0.2, -0.15) is 0 Å². The molecule has 2 heterocycles. The quantitative estimate of drug-likeness (QED) is 0.521. The van der Waals surface area contributed by atoms with Crippen molar-refractivity contribution in [2.45, 2.75) is 23.4 Å². The number of amides is 2. The fourth-order valence-electron chi connectivity index (χ4n) is 4.34. The van der Waals surface area contributed by atoms with E-state index in [1.54, 1.807) is 12.1 Å². The number of carbonyl (C=O) groups excluding carboxylic acids is 2. The maximum absolute atomic E-state index is 13.4. The first-order valence-corrected chi connectivity index (χ1v) is 12.1. The number of anilines is 3. The van der Waals surface area contributed by atoms with Gasteiger partial charge in [-0.3, -0.25) is 14.3 Å². The Morgan fingerprint density at radius 2 is 1.82 bits per heavy atom. The SMILES string of the molecule is O=C(NC1CC2C(=O)Nc3ccccc3N2C1)c1cccc(NS(=O)(=O)c2cccc(F)c2)c1. The van der Waals surface area contributed by atoms with Crippen molar-refractivity contribution >= 4 is 38.9 Å². The van der Waals surface area contributed by atoms with E-state index in [1.807, 2.05) is 29.2 Å². The van der Waals surface area contributed by atoms with Gasteiger partial charge in [-0.05, 0) is 55.0 Å².